The third-order valence-electron chi connectivity index (χ3n) is 5.98. The van der Waals surface area contributed by atoms with Gasteiger partial charge in [-0.2, -0.15) is 9.83 Å². The van der Waals surface area contributed by atoms with Crippen LogP contribution in [0.25, 0.3) is 5.82 Å². The Morgan fingerprint density at radius 3 is 2.83 bits per heavy atom. The standard InChI is InChI=1S/C22H24N6O2/c1-22(2,3)20(16-6-4-5-7-23-16)25-21(29)18-15-11-13-10-14(13)19(15)28(26-18)17-12-27(30)9-8-24-17/h4-9,12-14,20H,10-11H2,1-3H3,(H,25,29)/t13-,14-,20?/m0/s1. The monoisotopic (exact) mass is 404 g/mol. The van der Waals surface area contributed by atoms with Crippen molar-refractivity contribution in [2.45, 2.75) is 45.6 Å². The topological polar surface area (TPSA) is 99.6 Å². The molecular formula is C22H24N6O2. The van der Waals surface area contributed by atoms with Gasteiger partial charge in [0.05, 0.1) is 23.6 Å². The zero-order valence-corrected chi connectivity index (χ0v) is 17.2. The van der Waals surface area contributed by atoms with E-state index in [9.17, 15) is 10.0 Å². The number of fused-ring (bicyclic) bond motifs is 3. The molecule has 3 aromatic heterocycles. The van der Waals surface area contributed by atoms with Gasteiger partial charge in [0.2, 0.25) is 12.0 Å². The van der Waals surface area contributed by atoms with Gasteiger partial charge in [0.15, 0.2) is 11.9 Å². The summed E-state index contributed by atoms with van der Waals surface area (Å²) in [6.07, 6.45) is 7.85. The fourth-order valence-corrected chi connectivity index (χ4v) is 4.43. The number of amides is 1. The third kappa shape index (κ3) is 3.12. The summed E-state index contributed by atoms with van der Waals surface area (Å²) in [6.45, 7) is 6.23. The number of hydrogen-bond donors (Lipinski definition) is 1. The van der Waals surface area contributed by atoms with Crippen LogP contribution < -0.4 is 10.0 Å². The van der Waals surface area contributed by atoms with Crippen molar-refractivity contribution >= 4 is 5.91 Å². The Kier molecular flexibility index (Phi) is 4.13. The van der Waals surface area contributed by atoms with Gasteiger partial charge in [-0.25, -0.2) is 9.67 Å². The SMILES string of the molecule is CC(C)(C)C(NC(=O)c1nn(-c2c[n+]([O-])ccn2)c2c1C[C@@H]1C[C@H]21)c1ccccn1. The van der Waals surface area contributed by atoms with Crippen LogP contribution in [0.1, 0.15) is 66.6 Å². The van der Waals surface area contributed by atoms with Crippen LogP contribution in [0.2, 0.25) is 0 Å². The maximum Gasteiger partial charge on any atom is 0.272 e. The molecule has 2 aliphatic rings. The fraction of sp³-hybridized carbons (Fsp3) is 0.409. The van der Waals surface area contributed by atoms with Crippen LogP contribution in [0.4, 0.5) is 0 Å². The van der Waals surface area contributed by atoms with Gasteiger partial charge in [-0.1, -0.05) is 26.8 Å². The predicted octanol–water partition coefficient (Wildman–Crippen LogP) is 2.47. The molecule has 1 amide bonds. The molecule has 1 N–H and O–H groups in total. The molecule has 8 nitrogen and oxygen atoms in total. The van der Waals surface area contributed by atoms with E-state index in [2.05, 4.69) is 41.2 Å². The molecule has 8 heteroatoms. The molecule has 3 aromatic rings. The predicted molar refractivity (Wildman–Crippen MR) is 109 cm³/mol. The van der Waals surface area contributed by atoms with E-state index in [0.717, 1.165) is 29.8 Å². The number of nitrogens with zero attached hydrogens (tertiary/aromatic N) is 5. The summed E-state index contributed by atoms with van der Waals surface area (Å²) in [5.74, 6) is 1.17. The highest BCUT2D eigenvalue weighted by Gasteiger charge is 2.50. The van der Waals surface area contributed by atoms with Gasteiger partial charge in [-0.05, 0) is 36.3 Å². The summed E-state index contributed by atoms with van der Waals surface area (Å²) in [7, 11) is 0. The molecule has 1 saturated carbocycles. The summed E-state index contributed by atoms with van der Waals surface area (Å²) in [4.78, 5) is 22.1. The molecule has 0 radical (unpaired) electrons. The molecule has 0 aliphatic heterocycles. The van der Waals surface area contributed by atoms with Gasteiger partial charge < -0.3 is 10.5 Å². The van der Waals surface area contributed by atoms with E-state index in [1.165, 1.54) is 18.6 Å². The van der Waals surface area contributed by atoms with Crippen molar-refractivity contribution in [3.63, 3.8) is 0 Å². The van der Waals surface area contributed by atoms with Crippen molar-refractivity contribution in [3.8, 4) is 5.82 Å². The summed E-state index contributed by atoms with van der Waals surface area (Å²) in [5, 5.41) is 19.5. The van der Waals surface area contributed by atoms with E-state index in [1.54, 1.807) is 10.9 Å². The second kappa shape index (κ2) is 6.62. The van der Waals surface area contributed by atoms with Gasteiger partial charge in [0.25, 0.3) is 5.91 Å². The second-order valence-electron chi connectivity index (χ2n) is 9.23. The zero-order chi connectivity index (χ0) is 21.0. The molecular weight excluding hydrogens is 380 g/mol. The molecule has 5 rings (SSSR count). The lowest BCUT2D eigenvalue weighted by atomic mass is 9.84. The first kappa shape index (κ1) is 18.7. The highest BCUT2D eigenvalue weighted by Crippen LogP contribution is 2.57. The van der Waals surface area contributed by atoms with Crippen LogP contribution in [0.3, 0.4) is 0 Å². The van der Waals surface area contributed by atoms with Gasteiger partial charge in [-0.15, -0.1) is 0 Å². The van der Waals surface area contributed by atoms with Crippen molar-refractivity contribution in [1.29, 1.82) is 0 Å². The lowest BCUT2D eigenvalue weighted by molar-refractivity contribution is -0.605. The molecule has 30 heavy (non-hydrogen) atoms. The Labute approximate surface area is 174 Å². The smallest absolute Gasteiger partial charge is 0.272 e. The third-order valence-corrected chi connectivity index (χ3v) is 5.98. The number of carbonyl (C=O) groups is 1. The average Bonchev–Trinajstić information content (AvgIpc) is 3.21. The lowest BCUT2D eigenvalue weighted by Gasteiger charge is -2.30. The van der Waals surface area contributed by atoms with Crippen LogP contribution in [0, 0.1) is 16.5 Å². The van der Waals surface area contributed by atoms with E-state index in [0.29, 0.717) is 28.1 Å². The molecule has 0 bridgehead atoms. The van der Waals surface area contributed by atoms with Crippen LogP contribution in [-0.2, 0) is 6.42 Å². The minimum Gasteiger partial charge on any atom is -0.619 e. The molecule has 0 aromatic carbocycles. The minimum absolute atomic E-state index is 0.220. The van der Waals surface area contributed by atoms with Crippen molar-refractivity contribution in [2.24, 2.45) is 11.3 Å². The Hall–Kier alpha value is -3.29. The Balaban J connectivity index is 1.52. The van der Waals surface area contributed by atoms with Crippen LogP contribution in [0.15, 0.2) is 43.0 Å². The molecule has 2 aliphatic carbocycles. The van der Waals surface area contributed by atoms with Crippen molar-refractivity contribution in [2.75, 3.05) is 0 Å². The molecule has 0 saturated heterocycles. The normalized spacial score (nSPS) is 20.4. The van der Waals surface area contributed by atoms with Crippen LogP contribution >= 0.6 is 0 Å². The van der Waals surface area contributed by atoms with Crippen LogP contribution in [0.5, 0.6) is 0 Å². The Morgan fingerprint density at radius 1 is 1.30 bits per heavy atom. The largest absolute Gasteiger partial charge is 0.619 e. The fourth-order valence-electron chi connectivity index (χ4n) is 4.43. The average molecular weight is 404 g/mol. The number of nitrogens with one attached hydrogen (secondary N) is 1. The molecule has 154 valence electrons. The number of aromatic nitrogens is 5. The molecule has 1 fully saturated rings. The van der Waals surface area contributed by atoms with Crippen LogP contribution in [-0.4, -0.2) is 25.7 Å². The molecule has 3 heterocycles. The quantitative estimate of drug-likeness (QED) is 0.532. The number of hydrogen-bond acceptors (Lipinski definition) is 5. The summed E-state index contributed by atoms with van der Waals surface area (Å²) in [6, 6.07) is 5.45. The first-order chi connectivity index (χ1) is 14.3. The van der Waals surface area contributed by atoms with Crippen molar-refractivity contribution in [3.05, 3.63) is 70.8 Å². The summed E-state index contributed by atoms with van der Waals surface area (Å²) in [5.41, 5.74) is 3.01. The van der Waals surface area contributed by atoms with E-state index in [1.807, 2.05) is 18.2 Å². The second-order valence-corrected chi connectivity index (χ2v) is 9.23. The van der Waals surface area contributed by atoms with Gasteiger partial charge in [0.1, 0.15) is 0 Å². The summed E-state index contributed by atoms with van der Waals surface area (Å²) >= 11 is 0. The summed E-state index contributed by atoms with van der Waals surface area (Å²) < 4.78 is 2.38. The number of carbonyl (C=O) groups excluding carboxylic acids is 1. The van der Waals surface area contributed by atoms with E-state index in [-0.39, 0.29) is 17.4 Å². The zero-order valence-electron chi connectivity index (χ0n) is 17.2. The first-order valence-corrected chi connectivity index (χ1v) is 10.2. The van der Waals surface area contributed by atoms with Crippen molar-refractivity contribution in [1.82, 2.24) is 25.1 Å². The highest BCUT2D eigenvalue weighted by atomic mass is 16.5. The van der Waals surface area contributed by atoms with E-state index >= 15 is 0 Å². The highest BCUT2D eigenvalue weighted by molar-refractivity contribution is 5.94. The molecule has 0 spiro atoms. The van der Waals surface area contributed by atoms with E-state index < -0.39 is 0 Å². The van der Waals surface area contributed by atoms with Crippen molar-refractivity contribution < 1.29 is 9.52 Å². The number of rotatable bonds is 4. The molecule has 1 unspecified atom stereocenters. The minimum atomic E-state index is -0.262. The maximum absolute atomic E-state index is 13.4. The lowest BCUT2D eigenvalue weighted by Crippen LogP contribution is -2.37. The maximum atomic E-state index is 13.4. The Bertz CT molecular complexity index is 1120. The first-order valence-electron chi connectivity index (χ1n) is 10.2. The van der Waals surface area contributed by atoms with E-state index in [4.69, 9.17) is 0 Å². The van der Waals surface area contributed by atoms with Gasteiger partial charge in [0, 0.05) is 17.7 Å². The van der Waals surface area contributed by atoms with Gasteiger partial charge in [-0.3, -0.25) is 9.78 Å². The number of pyridine rings is 1. The Morgan fingerprint density at radius 2 is 2.13 bits per heavy atom. The molecule has 3 atom stereocenters. The van der Waals surface area contributed by atoms with Gasteiger partial charge >= 0.3 is 0 Å².